The molecule has 0 radical (unpaired) electrons. The maximum Gasteiger partial charge on any atom is 0.258 e. The van der Waals surface area contributed by atoms with Crippen LogP contribution in [-0.2, 0) is 16.0 Å². The SMILES string of the molecule is NC1C2CCCC1CC(C(=O)NCCc1ccc(OCC(=O)NC3CC3)cc1)C2. The molecule has 29 heavy (non-hydrogen) atoms. The van der Waals surface area contributed by atoms with Gasteiger partial charge >= 0.3 is 0 Å². The van der Waals surface area contributed by atoms with Gasteiger partial charge in [-0.15, -0.1) is 0 Å². The average molecular weight is 400 g/mol. The van der Waals surface area contributed by atoms with Crippen molar-refractivity contribution >= 4 is 11.8 Å². The molecule has 1 aromatic rings. The molecule has 2 atom stereocenters. The van der Waals surface area contributed by atoms with E-state index in [1.807, 2.05) is 24.3 Å². The van der Waals surface area contributed by atoms with Crippen LogP contribution in [0.3, 0.4) is 0 Å². The van der Waals surface area contributed by atoms with Crippen LogP contribution in [0.15, 0.2) is 24.3 Å². The second kappa shape index (κ2) is 9.16. The number of nitrogens with two attached hydrogens (primary N) is 1. The summed E-state index contributed by atoms with van der Waals surface area (Å²) < 4.78 is 5.53. The van der Waals surface area contributed by atoms with Gasteiger partial charge in [0, 0.05) is 24.5 Å². The first-order valence-electron chi connectivity index (χ1n) is 11.1. The zero-order valence-electron chi connectivity index (χ0n) is 17.1. The van der Waals surface area contributed by atoms with Crippen LogP contribution in [0.5, 0.6) is 5.75 Å². The average Bonchev–Trinajstić information content (AvgIpc) is 3.51. The summed E-state index contributed by atoms with van der Waals surface area (Å²) in [6.45, 7) is 0.694. The Morgan fingerprint density at radius 1 is 1.03 bits per heavy atom. The topological polar surface area (TPSA) is 93.5 Å². The number of benzene rings is 1. The molecule has 3 aliphatic rings. The summed E-state index contributed by atoms with van der Waals surface area (Å²) in [6.07, 6.45) is 8.46. The molecule has 2 amide bonds. The van der Waals surface area contributed by atoms with Crippen molar-refractivity contribution in [2.45, 2.75) is 63.5 Å². The molecule has 0 spiro atoms. The molecule has 158 valence electrons. The van der Waals surface area contributed by atoms with Gasteiger partial charge in [0.15, 0.2) is 6.61 Å². The highest BCUT2D eigenvalue weighted by molar-refractivity contribution is 5.79. The zero-order valence-corrected chi connectivity index (χ0v) is 17.1. The van der Waals surface area contributed by atoms with Crippen molar-refractivity contribution in [2.75, 3.05) is 13.2 Å². The number of nitrogens with one attached hydrogen (secondary N) is 2. The van der Waals surface area contributed by atoms with Crippen LogP contribution < -0.4 is 21.1 Å². The molecule has 3 fully saturated rings. The first kappa shape index (κ1) is 20.2. The summed E-state index contributed by atoms with van der Waals surface area (Å²) in [6, 6.07) is 8.40. The predicted molar refractivity (Wildman–Crippen MR) is 111 cm³/mol. The van der Waals surface area contributed by atoms with Gasteiger partial charge in [-0.25, -0.2) is 0 Å². The Kier molecular flexibility index (Phi) is 6.38. The highest BCUT2D eigenvalue weighted by Gasteiger charge is 2.40. The van der Waals surface area contributed by atoms with E-state index in [9.17, 15) is 9.59 Å². The summed E-state index contributed by atoms with van der Waals surface area (Å²) >= 11 is 0. The Hall–Kier alpha value is -2.08. The Bertz CT molecular complexity index is 703. The molecule has 4 rings (SSSR count). The van der Waals surface area contributed by atoms with Gasteiger partial charge in [-0.05, 0) is 74.5 Å². The van der Waals surface area contributed by atoms with Crippen molar-refractivity contribution in [3.63, 3.8) is 0 Å². The fourth-order valence-corrected chi connectivity index (χ4v) is 4.88. The van der Waals surface area contributed by atoms with E-state index in [1.165, 1.54) is 19.3 Å². The van der Waals surface area contributed by atoms with Gasteiger partial charge in [0.1, 0.15) is 5.75 Å². The van der Waals surface area contributed by atoms with Crippen molar-refractivity contribution in [1.29, 1.82) is 0 Å². The summed E-state index contributed by atoms with van der Waals surface area (Å²) in [4.78, 5) is 24.3. The molecule has 1 aromatic carbocycles. The van der Waals surface area contributed by atoms with E-state index in [0.29, 0.717) is 36.2 Å². The molecule has 2 bridgehead atoms. The second-order valence-corrected chi connectivity index (χ2v) is 9.01. The third kappa shape index (κ3) is 5.50. The number of ether oxygens (including phenoxy) is 1. The third-order valence-electron chi connectivity index (χ3n) is 6.73. The third-order valence-corrected chi connectivity index (χ3v) is 6.73. The Morgan fingerprint density at radius 2 is 1.72 bits per heavy atom. The normalized spacial score (nSPS) is 28.4. The standard InChI is InChI=1S/C23H33N3O3/c24-22-16-2-1-3-17(22)13-18(12-16)23(28)25-11-10-15-4-8-20(9-5-15)29-14-21(27)26-19-6-7-19/h4-5,8-9,16-19,22H,1-3,6-7,10-14,24H2,(H,25,28)(H,26,27). The van der Waals surface area contributed by atoms with Crippen molar-refractivity contribution in [3.05, 3.63) is 29.8 Å². The summed E-state index contributed by atoms with van der Waals surface area (Å²) in [5.41, 5.74) is 7.47. The number of rotatable bonds is 8. The molecule has 0 aliphatic heterocycles. The first-order chi connectivity index (χ1) is 14.1. The van der Waals surface area contributed by atoms with E-state index >= 15 is 0 Å². The van der Waals surface area contributed by atoms with Crippen LogP contribution in [0.1, 0.15) is 50.5 Å². The van der Waals surface area contributed by atoms with Crippen LogP contribution in [-0.4, -0.2) is 37.0 Å². The summed E-state index contributed by atoms with van der Waals surface area (Å²) in [7, 11) is 0. The van der Waals surface area contributed by atoms with E-state index in [0.717, 1.165) is 37.7 Å². The highest BCUT2D eigenvalue weighted by Crippen LogP contribution is 2.41. The highest BCUT2D eigenvalue weighted by atomic mass is 16.5. The molecule has 3 saturated carbocycles. The summed E-state index contributed by atoms with van der Waals surface area (Å²) in [5, 5.41) is 6.02. The van der Waals surface area contributed by atoms with E-state index in [-0.39, 0.29) is 24.3 Å². The lowest BCUT2D eigenvalue weighted by atomic mass is 9.65. The van der Waals surface area contributed by atoms with E-state index < -0.39 is 0 Å². The second-order valence-electron chi connectivity index (χ2n) is 9.01. The molecule has 4 N–H and O–H groups in total. The van der Waals surface area contributed by atoms with Gasteiger partial charge in [0.05, 0.1) is 0 Å². The number of hydrogen-bond acceptors (Lipinski definition) is 4. The van der Waals surface area contributed by atoms with Gasteiger partial charge in [-0.1, -0.05) is 18.6 Å². The number of carbonyl (C=O) groups excluding carboxylic acids is 2. The van der Waals surface area contributed by atoms with Crippen molar-refractivity contribution in [2.24, 2.45) is 23.5 Å². The Balaban J connectivity index is 1.16. The Labute approximate surface area is 172 Å². The number of hydrogen-bond donors (Lipinski definition) is 3. The maximum absolute atomic E-state index is 12.6. The molecule has 6 heteroatoms. The molecular weight excluding hydrogens is 366 g/mol. The maximum atomic E-state index is 12.6. The van der Waals surface area contributed by atoms with E-state index in [4.69, 9.17) is 10.5 Å². The Morgan fingerprint density at radius 3 is 2.38 bits per heavy atom. The number of fused-ring (bicyclic) bond motifs is 2. The van der Waals surface area contributed by atoms with Gasteiger partial charge < -0.3 is 21.1 Å². The van der Waals surface area contributed by atoms with Crippen molar-refractivity contribution < 1.29 is 14.3 Å². The van der Waals surface area contributed by atoms with Gasteiger partial charge in [0.25, 0.3) is 5.91 Å². The molecule has 2 unspecified atom stereocenters. The van der Waals surface area contributed by atoms with E-state index in [2.05, 4.69) is 10.6 Å². The molecule has 3 aliphatic carbocycles. The lowest BCUT2D eigenvalue weighted by molar-refractivity contribution is -0.128. The van der Waals surface area contributed by atoms with Gasteiger partial charge in [-0.3, -0.25) is 9.59 Å². The molecule has 0 heterocycles. The van der Waals surface area contributed by atoms with Crippen LogP contribution >= 0.6 is 0 Å². The molecule has 0 saturated heterocycles. The number of carbonyl (C=O) groups is 2. The summed E-state index contributed by atoms with van der Waals surface area (Å²) in [5.74, 6) is 1.99. The van der Waals surface area contributed by atoms with Crippen LogP contribution in [0.2, 0.25) is 0 Å². The minimum absolute atomic E-state index is 0.0545. The first-order valence-corrected chi connectivity index (χ1v) is 11.1. The molecule has 6 nitrogen and oxygen atoms in total. The smallest absolute Gasteiger partial charge is 0.258 e. The van der Waals surface area contributed by atoms with Crippen LogP contribution in [0.4, 0.5) is 0 Å². The van der Waals surface area contributed by atoms with Crippen molar-refractivity contribution in [1.82, 2.24) is 10.6 Å². The lowest BCUT2D eigenvalue weighted by Crippen LogP contribution is -2.49. The minimum Gasteiger partial charge on any atom is -0.484 e. The van der Waals surface area contributed by atoms with Crippen molar-refractivity contribution in [3.8, 4) is 5.75 Å². The quantitative estimate of drug-likeness (QED) is 0.624. The molecular formula is C23H33N3O3. The lowest BCUT2D eigenvalue weighted by Gasteiger charge is -2.43. The minimum atomic E-state index is -0.0629. The van der Waals surface area contributed by atoms with E-state index in [1.54, 1.807) is 0 Å². The van der Waals surface area contributed by atoms with Crippen LogP contribution in [0, 0.1) is 17.8 Å². The fourth-order valence-electron chi connectivity index (χ4n) is 4.88. The zero-order chi connectivity index (χ0) is 20.2. The van der Waals surface area contributed by atoms with Gasteiger partial charge in [-0.2, -0.15) is 0 Å². The number of amides is 2. The fraction of sp³-hybridized carbons (Fsp3) is 0.652. The predicted octanol–water partition coefficient (Wildman–Crippen LogP) is 2.16. The monoisotopic (exact) mass is 399 g/mol. The largest absolute Gasteiger partial charge is 0.484 e. The van der Waals surface area contributed by atoms with Crippen LogP contribution in [0.25, 0.3) is 0 Å². The molecule has 0 aromatic heterocycles. The van der Waals surface area contributed by atoms with Gasteiger partial charge in [0.2, 0.25) is 5.91 Å².